The minimum absolute atomic E-state index is 0.599. The van der Waals surface area contributed by atoms with E-state index in [2.05, 4.69) is 15.7 Å². The molecular weight excluding hydrogens is 255 g/mol. The van der Waals surface area contributed by atoms with Crippen LogP contribution in [0.25, 0.3) is 0 Å². The first-order valence-corrected chi connectivity index (χ1v) is 6.32. The summed E-state index contributed by atoms with van der Waals surface area (Å²) in [6.07, 6.45) is 5.30. The van der Waals surface area contributed by atoms with Gasteiger partial charge < -0.3 is 4.90 Å². The average Bonchev–Trinajstić information content (AvgIpc) is 2.34. The molecule has 1 aromatic carbocycles. The van der Waals surface area contributed by atoms with E-state index in [-0.39, 0.29) is 0 Å². The lowest BCUT2D eigenvalue weighted by Crippen LogP contribution is -2.46. The molecule has 0 radical (unpaired) electrons. The number of terminal acetylenes is 1. The summed E-state index contributed by atoms with van der Waals surface area (Å²) < 4.78 is 0. The van der Waals surface area contributed by atoms with E-state index in [1.54, 1.807) is 0 Å². The van der Waals surface area contributed by atoms with Gasteiger partial charge in [0.25, 0.3) is 0 Å². The molecule has 1 saturated heterocycles. The van der Waals surface area contributed by atoms with Gasteiger partial charge in [-0.05, 0) is 18.2 Å². The fourth-order valence-corrected chi connectivity index (χ4v) is 2.27. The van der Waals surface area contributed by atoms with Gasteiger partial charge in [-0.2, -0.15) is 0 Å². The van der Waals surface area contributed by atoms with Gasteiger partial charge in [0.15, 0.2) is 0 Å². The van der Waals surface area contributed by atoms with Crippen molar-refractivity contribution in [1.29, 1.82) is 0 Å². The van der Waals surface area contributed by atoms with Crippen LogP contribution in [0.5, 0.6) is 0 Å². The smallest absolute Gasteiger partial charge is 0.0612 e. The highest BCUT2D eigenvalue weighted by atomic mass is 35.5. The van der Waals surface area contributed by atoms with E-state index in [1.165, 1.54) is 0 Å². The lowest BCUT2D eigenvalue weighted by Gasteiger charge is -2.35. The van der Waals surface area contributed by atoms with Crippen LogP contribution in [0, 0.1) is 12.3 Å². The van der Waals surface area contributed by atoms with Crippen molar-refractivity contribution in [1.82, 2.24) is 4.90 Å². The number of anilines is 1. The third kappa shape index (κ3) is 3.07. The molecule has 0 N–H and O–H groups in total. The van der Waals surface area contributed by atoms with Crippen LogP contribution in [0.1, 0.15) is 0 Å². The topological polar surface area (TPSA) is 6.48 Å². The monoisotopic (exact) mass is 268 g/mol. The Labute approximate surface area is 112 Å². The summed E-state index contributed by atoms with van der Waals surface area (Å²) in [6.45, 7) is 4.66. The van der Waals surface area contributed by atoms with Crippen LogP contribution in [0.4, 0.5) is 5.69 Å². The Balaban J connectivity index is 2.01. The molecule has 1 aromatic rings. The van der Waals surface area contributed by atoms with Crippen LogP contribution < -0.4 is 4.90 Å². The Morgan fingerprint density at radius 2 is 1.82 bits per heavy atom. The quantitative estimate of drug-likeness (QED) is 0.762. The van der Waals surface area contributed by atoms with E-state index in [0.717, 1.165) is 38.4 Å². The van der Waals surface area contributed by atoms with Crippen LogP contribution in [-0.4, -0.2) is 37.6 Å². The SMILES string of the molecule is C#CCN1CCN(c2ccc(Cl)c(Cl)c2)CC1. The maximum Gasteiger partial charge on any atom is 0.0612 e. The van der Waals surface area contributed by atoms with E-state index in [9.17, 15) is 0 Å². The van der Waals surface area contributed by atoms with Crippen molar-refractivity contribution in [3.8, 4) is 12.3 Å². The Hall–Kier alpha value is -0.880. The maximum absolute atomic E-state index is 6.02. The first kappa shape index (κ1) is 12.6. The van der Waals surface area contributed by atoms with Gasteiger partial charge in [0, 0.05) is 31.9 Å². The molecule has 1 heterocycles. The Bertz CT molecular complexity index is 432. The molecule has 0 unspecified atom stereocenters. The van der Waals surface area contributed by atoms with E-state index in [4.69, 9.17) is 29.6 Å². The first-order valence-electron chi connectivity index (χ1n) is 5.56. The number of hydrogen-bond acceptors (Lipinski definition) is 2. The van der Waals surface area contributed by atoms with Gasteiger partial charge in [-0.3, -0.25) is 4.90 Å². The van der Waals surface area contributed by atoms with Crippen LogP contribution in [0.15, 0.2) is 18.2 Å². The second kappa shape index (κ2) is 5.64. The number of hydrogen-bond donors (Lipinski definition) is 0. The molecule has 17 heavy (non-hydrogen) atoms. The summed E-state index contributed by atoms with van der Waals surface area (Å²) in [6, 6.07) is 5.76. The third-order valence-electron chi connectivity index (χ3n) is 2.96. The zero-order valence-electron chi connectivity index (χ0n) is 9.50. The molecule has 0 aromatic heterocycles. The summed E-state index contributed by atoms with van der Waals surface area (Å²) in [5.74, 6) is 2.68. The highest BCUT2D eigenvalue weighted by Gasteiger charge is 2.16. The number of piperazine rings is 1. The molecule has 1 aliphatic heterocycles. The minimum atomic E-state index is 0.599. The highest BCUT2D eigenvalue weighted by Crippen LogP contribution is 2.27. The lowest BCUT2D eigenvalue weighted by molar-refractivity contribution is 0.288. The third-order valence-corrected chi connectivity index (χ3v) is 3.69. The second-order valence-electron chi connectivity index (χ2n) is 4.07. The van der Waals surface area contributed by atoms with Gasteiger partial charge in [-0.1, -0.05) is 29.1 Å². The predicted octanol–water partition coefficient (Wildman–Crippen LogP) is 2.75. The van der Waals surface area contributed by atoms with Gasteiger partial charge in [0.2, 0.25) is 0 Å². The molecule has 90 valence electrons. The van der Waals surface area contributed by atoms with Crippen molar-refractivity contribution in [3.05, 3.63) is 28.2 Å². The Kier molecular flexibility index (Phi) is 4.17. The normalized spacial score (nSPS) is 16.9. The van der Waals surface area contributed by atoms with Crippen molar-refractivity contribution in [2.75, 3.05) is 37.6 Å². The van der Waals surface area contributed by atoms with Gasteiger partial charge >= 0.3 is 0 Å². The van der Waals surface area contributed by atoms with Crippen molar-refractivity contribution in [2.45, 2.75) is 0 Å². The van der Waals surface area contributed by atoms with E-state index < -0.39 is 0 Å². The molecule has 0 saturated carbocycles. The molecule has 0 bridgehead atoms. The molecule has 1 aliphatic rings. The highest BCUT2D eigenvalue weighted by molar-refractivity contribution is 6.42. The molecule has 2 rings (SSSR count). The largest absolute Gasteiger partial charge is 0.369 e. The number of rotatable bonds is 2. The zero-order valence-corrected chi connectivity index (χ0v) is 11.0. The summed E-state index contributed by atoms with van der Waals surface area (Å²) >= 11 is 11.9. The van der Waals surface area contributed by atoms with Crippen molar-refractivity contribution >= 4 is 28.9 Å². The molecule has 2 nitrogen and oxygen atoms in total. The molecule has 0 amide bonds. The molecule has 0 spiro atoms. The van der Waals surface area contributed by atoms with Crippen molar-refractivity contribution in [3.63, 3.8) is 0 Å². The number of benzene rings is 1. The molecular formula is C13H14Cl2N2. The number of halogens is 2. The standard InChI is InChI=1S/C13H14Cl2N2/c1-2-5-16-6-8-17(9-7-16)11-3-4-12(14)13(15)10-11/h1,3-4,10H,5-9H2. The molecule has 0 atom stereocenters. The zero-order chi connectivity index (χ0) is 12.3. The minimum Gasteiger partial charge on any atom is -0.369 e. The van der Waals surface area contributed by atoms with Crippen LogP contribution >= 0.6 is 23.2 Å². The fraction of sp³-hybridized carbons (Fsp3) is 0.385. The summed E-state index contributed by atoms with van der Waals surface area (Å²) in [4.78, 5) is 4.57. The lowest BCUT2D eigenvalue weighted by atomic mass is 10.2. The molecule has 0 aliphatic carbocycles. The number of nitrogens with zero attached hydrogens (tertiary/aromatic N) is 2. The van der Waals surface area contributed by atoms with Crippen LogP contribution in [0.3, 0.4) is 0 Å². The van der Waals surface area contributed by atoms with Gasteiger partial charge in [-0.25, -0.2) is 0 Å². The van der Waals surface area contributed by atoms with E-state index in [0.29, 0.717) is 10.0 Å². The summed E-state index contributed by atoms with van der Waals surface area (Å²) in [5.41, 5.74) is 1.12. The van der Waals surface area contributed by atoms with E-state index >= 15 is 0 Å². The van der Waals surface area contributed by atoms with Gasteiger partial charge in [0.1, 0.15) is 0 Å². The maximum atomic E-state index is 6.02. The van der Waals surface area contributed by atoms with Gasteiger partial charge in [0.05, 0.1) is 16.6 Å². The molecule has 4 heteroatoms. The summed E-state index contributed by atoms with van der Waals surface area (Å²) in [7, 11) is 0. The Morgan fingerprint density at radius 1 is 1.12 bits per heavy atom. The van der Waals surface area contributed by atoms with Crippen LogP contribution in [0.2, 0.25) is 10.0 Å². The fourth-order valence-electron chi connectivity index (χ4n) is 1.98. The summed E-state index contributed by atoms with van der Waals surface area (Å²) in [5, 5.41) is 1.21. The van der Waals surface area contributed by atoms with Crippen molar-refractivity contribution in [2.24, 2.45) is 0 Å². The Morgan fingerprint density at radius 3 is 2.41 bits per heavy atom. The van der Waals surface area contributed by atoms with E-state index in [1.807, 2.05) is 18.2 Å². The first-order chi connectivity index (χ1) is 8.20. The van der Waals surface area contributed by atoms with Crippen molar-refractivity contribution < 1.29 is 0 Å². The average molecular weight is 269 g/mol. The van der Waals surface area contributed by atoms with Gasteiger partial charge in [-0.15, -0.1) is 6.42 Å². The second-order valence-corrected chi connectivity index (χ2v) is 4.88. The predicted molar refractivity (Wildman–Crippen MR) is 73.9 cm³/mol. The van der Waals surface area contributed by atoms with Crippen LogP contribution in [-0.2, 0) is 0 Å². The molecule has 1 fully saturated rings.